The first-order valence-corrected chi connectivity index (χ1v) is 6.73. The van der Waals surface area contributed by atoms with E-state index in [1.54, 1.807) is 0 Å². The molecule has 2 aromatic rings. The molecule has 1 unspecified atom stereocenters. The molecular formula is C15H12BrF3. The summed E-state index contributed by atoms with van der Waals surface area (Å²) in [5.74, 6) is -2.65. The van der Waals surface area contributed by atoms with Crippen molar-refractivity contribution in [3.8, 4) is 0 Å². The summed E-state index contributed by atoms with van der Waals surface area (Å²) >= 11 is 3.26. The lowest BCUT2D eigenvalue weighted by Crippen LogP contribution is -2.03. The van der Waals surface area contributed by atoms with Gasteiger partial charge in [-0.05, 0) is 18.9 Å². The third-order valence-electron chi connectivity index (χ3n) is 2.89. The molecule has 2 rings (SSSR count). The Labute approximate surface area is 118 Å². The van der Waals surface area contributed by atoms with Crippen LogP contribution in [0, 0.1) is 24.4 Å². The summed E-state index contributed by atoms with van der Waals surface area (Å²) in [5, 5.41) is 0. The van der Waals surface area contributed by atoms with E-state index in [4.69, 9.17) is 0 Å². The second kappa shape index (κ2) is 5.78. The lowest BCUT2D eigenvalue weighted by Gasteiger charge is -2.13. The average molecular weight is 329 g/mol. The van der Waals surface area contributed by atoms with Crippen LogP contribution in [0.3, 0.4) is 0 Å². The van der Waals surface area contributed by atoms with E-state index in [9.17, 15) is 13.2 Å². The van der Waals surface area contributed by atoms with Crippen molar-refractivity contribution < 1.29 is 13.2 Å². The van der Waals surface area contributed by atoms with Crippen molar-refractivity contribution in [2.75, 3.05) is 0 Å². The van der Waals surface area contributed by atoms with Crippen molar-refractivity contribution in [2.24, 2.45) is 0 Å². The second-order valence-electron chi connectivity index (χ2n) is 4.44. The number of halogens is 4. The number of aryl methyl sites for hydroxylation is 1. The van der Waals surface area contributed by atoms with Gasteiger partial charge in [0.25, 0.3) is 0 Å². The lowest BCUT2D eigenvalue weighted by atomic mass is 10.0. The van der Waals surface area contributed by atoms with Gasteiger partial charge in [0.2, 0.25) is 0 Å². The zero-order valence-corrected chi connectivity index (χ0v) is 11.8. The topological polar surface area (TPSA) is 0 Å². The zero-order valence-electron chi connectivity index (χ0n) is 10.3. The summed E-state index contributed by atoms with van der Waals surface area (Å²) in [6, 6.07) is 9.08. The molecule has 0 nitrogen and oxygen atoms in total. The van der Waals surface area contributed by atoms with Gasteiger partial charge in [-0.25, -0.2) is 13.2 Å². The molecule has 100 valence electrons. The fourth-order valence-electron chi connectivity index (χ4n) is 1.89. The van der Waals surface area contributed by atoms with Crippen molar-refractivity contribution in [2.45, 2.75) is 18.2 Å². The minimum atomic E-state index is -0.909. The fourth-order valence-corrected chi connectivity index (χ4v) is 2.70. The maximum atomic E-state index is 13.6. The Balaban J connectivity index is 2.25. The summed E-state index contributed by atoms with van der Waals surface area (Å²) in [4.78, 5) is -0.532. The third-order valence-corrected chi connectivity index (χ3v) is 3.67. The Kier molecular flexibility index (Phi) is 4.30. The molecule has 0 amide bonds. The molecule has 0 heterocycles. The molecule has 2 aromatic carbocycles. The zero-order chi connectivity index (χ0) is 14.0. The van der Waals surface area contributed by atoms with E-state index >= 15 is 0 Å². The van der Waals surface area contributed by atoms with E-state index in [-0.39, 0.29) is 5.56 Å². The van der Waals surface area contributed by atoms with Crippen molar-refractivity contribution >= 4 is 15.9 Å². The first-order valence-electron chi connectivity index (χ1n) is 5.81. The molecule has 0 spiro atoms. The predicted molar refractivity (Wildman–Crippen MR) is 72.9 cm³/mol. The van der Waals surface area contributed by atoms with E-state index in [1.165, 1.54) is 0 Å². The molecule has 19 heavy (non-hydrogen) atoms. The standard InChI is InChI=1S/C15H12BrF3/c1-9-2-4-10(5-3-9)6-12(16)15-13(18)7-11(17)8-14(15)19/h2-5,7-8,12H,6H2,1H3. The Morgan fingerprint density at radius 3 is 2.05 bits per heavy atom. The van der Waals surface area contributed by atoms with Crippen LogP contribution in [-0.4, -0.2) is 0 Å². The molecule has 0 N–H and O–H groups in total. The minimum absolute atomic E-state index is 0.137. The van der Waals surface area contributed by atoms with Crippen LogP contribution in [-0.2, 0) is 6.42 Å². The van der Waals surface area contributed by atoms with Gasteiger partial charge >= 0.3 is 0 Å². The van der Waals surface area contributed by atoms with Crippen LogP contribution in [0.1, 0.15) is 21.5 Å². The maximum absolute atomic E-state index is 13.6. The molecule has 0 saturated heterocycles. The van der Waals surface area contributed by atoms with E-state index < -0.39 is 22.3 Å². The second-order valence-corrected chi connectivity index (χ2v) is 5.55. The molecule has 0 saturated carbocycles. The van der Waals surface area contributed by atoms with Crippen molar-refractivity contribution in [3.05, 3.63) is 70.5 Å². The molecule has 0 fully saturated rings. The van der Waals surface area contributed by atoms with Gasteiger partial charge in [0.05, 0.1) is 0 Å². The summed E-state index contributed by atoms with van der Waals surface area (Å²) in [7, 11) is 0. The van der Waals surface area contributed by atoms with Crippen molar-refractivity contribution in [1.82, 2.24) is 0 Å². The van der Waals surface area contributed by atoms with Crippen LogP contribution in [0.15, 0.2) is 36.4 Å². The molecule has 4 heteroatoms. The highest BCUT2D eigenvalue weighted by Crippen LogP contribution is 2.31. The van der Waals surface area contributed by atoms with Crippen LogP contribution in [0.4, 0.5) is 13.2 Å². The molecule has 0 bridgehead atoms. The number of hydrogen-bond acceptors (Lipinski definition) is 0. The van der Waals surface area contributed by atoms with E-state index in [1.807, 2.05) is 31.2 Å². The monoisotopic (exact) mass is 328 g/mol. The van der Waals surface area contributed by atoms with Gasteiger partial charge in [0.15, 0.2) is 0 Å². The van der Waals surface area contributed by atoms with Gasteiger partial charge in [0, 0.05) is 22.5 Å². The molecule has 0 aliphatic carbocycles. The van der Waals surface area contributed by atoms with Crippen LogP contribution >= 0.6 is 15.9 Å². The first kappa shape index (κ1) is 14.1. The van der Waals surface area contributed by atoms with Crippen molar-refractivity contribution in [3.63, 3.8) is 0 Å². The van der Waals surface area contributed by atoms with Crippen molar-refractivity contribution in [1.29, 1.82) is 0 Å². The largest absolute Gasteiger partial charge is 0.207 e. The number of benzene rings is 2. The highest BCUT2D eigenvalue weighted by molar-refractivity contribution is 9.09. The molecule has 0 aliphatic rings. The SMILES string of the molecule is Cc1ccc(CC(Br)c2c(F)cc(F)cc2F)cc1. The Bertz CT molecular complexity index is 555. The van der Waals surface area contributed by atoms with Gasteiger partial charge in [-0.2, -0.15) is 0 Å². The van der Waals surface area contributed by atoms with E-state index in [0.717, 1.165) is 11.1 Å². The van der Waals surface area contributed by atoms with Gasteiger partial charge in [-0.15, -0.1) is 0 Å². The minimum Gasteiger partial charge on any atom is -0.207 e. The molecule has 1 atom stereocenters. The highest BCUT2D eigenvalue weighted by Gasteiger charge is 2.19. The normalized spacial score (nSPS) is 12.5. The molecule has 0 aromatic heterocycles. The van der Waals surface area contributed by atoms with E-state index in [0.29, 0.717) is 18.6 Å². The number of rotatable bonds is 3. The van der Waals surface area contributed by atoms with Gasteiger partial charge in [-0.3, -0.25) is 0 Å². The fraction of sp³-hybridized carbons (Fsp3) is 0.200. The lowest BCUT2D eigenvalue weighted by molar-refractivity contribution is 0.522. The van der Waals surface area contributed by atoms with Crippen LogP contribution in [0.25, 0.3) is 0 Å². The summed E-state index contributed by atoms with van der Waals surface area (Å²) in [5.41, 5.74) is 1.94. The number of alkyl halides is 1. The third kappa shape index (κ3) is 3.38. The predicted octanol–water partition coefficient (Wildman–Crippen LogP) is 5.09. The average Bonchev–Trinajstić information content (AvgIpc) is 2.30. The Morgan fingerprint density at radius 1 is 1.00 bits per heavy atom. The summed E-state index contributed by atoms with van der Waals surface area (Å²) < 4.78 is 40.1. The van der Waals surface area contributed by atoms with Gasteiger partial charge in [-0.1, -0.05) is 45.8 Å². The highest BCUT2D eigenvalue weighted by atomic mass is 79.9. The maximum Gasteiger partial charge on any atom is 0.133 e. The Hall–Kier alpha value is -1.29. The van der Waals surface area contributed by atoms with Gasteiger partial charge < -0.3 is 0 Å². The molecular weight excluding hydrogens is 317 g/mol. The summed E-state index contributed by atoms with van der Waals surface area (Å²) in [6.07, 6.45) is 0.430. The van der Waals surface area contributed by atoms with Crippen LogP contribution in [0.5, 0.6) is 0 Å². The smallest absolute Gasteiger partial charge is 0.133 e. The van der Waals surface area contributed by atoms with E-state index in [2.05, 4.69) is 15.9 Å². The Morgan fingerprint density at radius 2 is 1.53 bits per heavy atom. The number of hydrogen-bond donors (Lipinski definition) is 0. The molecule has 0 aliphatic heterocycles. The van der Waals surface area contributed by atoms with Gasteiger partial charge in [0.1, 0.15) is 17.5 Å². The van der Waals surface area contributed by atoms with Crippen LogP contribution in [0.2, 0.25) is 0 Å². The molecule has 0 radical (unpaired) electrons. The van der Waals surface area contributed by atoms with Crippen LogP contribution < -0.4 is 0 Å². The first-order chi connectivity index (χ1) is 8.97. The quantitative estimate of drug-likeness (QED) is 0.688. The summed E-state index contributed by atoms with van der Waals surface area (Å²) in [6.45, 7) is 1.97.